The van der Waals surface area contributed by atoms with Crippen LogP contribution in [0.5, 0.6) is 11.5 Å². The van der Waals surface area contributed by atoms with Gasteiger partial charge in [-0.05, 0) is 32.0 Å². The third-order valence-corrected chi connectivity index (χ3v) is 5.70. The van der Waals surface area contributed by atoms with Crippen molar-refractivity contribution in [3.05, 3.63) is 18.2 Å². The van der Waals surface area contributed by atoms with Gasteiger partial charge in [-0.2, -0.15) is 4.31 Å². The molecule has 1 atom stereocenters. The molecule has 0 aromatic heterocycles. The Morgan fingerprint density at radius 1 is 1.24 bits per heavy atom. The lowest BCUT2D eigenvalue weighted by Crippen LogP contribution is -2.46. The SMILES string of the molecule is CNC1CCCN(S(=O)(=O)c2c(OC)cccc2OC)C1. The number of rotatable bonds is 5. The van der Waals surface area contributed by atoms with Gasteiger partial charge in [0.15, 0.2) is 4.90 Å². The summed E-state index contributed by atoms with van der Waals surface area (Å²) < 4.78 is 37.8. The molecule has 6 nitrogen and oxygen atoms in total. The fraction of sp³-hybridized carbons (Fsp3) is 0.571. The Bertz CT molecular complexity index is 566. The van der Waals surface area contributed by atoms with Crippen molar-refractivity contribution in [2.45, 2.75) is 23.8 Å². The van der Waals surface area contributed by atoms with Crippen molar-refractivity contribution in [1.29, 1.82) is 0 Å². The largest absolute Gasteiger partial charge is 0.495 e. The lowest BCUT2D eigenvalue weighted by atomic mass is 10.1. The number of methoxy groups -OCH3 is 2. The standard InChI is InChI=1S/C14H22N2O4S/c1-15-11-6-5-9-16(10-11)21(17,18)14-12(19-2)7-4-8-13(14)20-3/h4,7-8,11,15H,5-6,9-10H2,1-3H3. The molecule has 1 N–H and O–H groups in total. The average Bonchev–Trinajstić information content (AvgIpc) is 2.53. The number of ether oxygens (including phenoxy) is 2. The van der Waals surface area contributed by atoms with E-state index in [4.69, 9.17) is 9.47 Å². The molecule has 0 radical (unpaired) electrons. The first-order valence-corrected chi connectivity index (χ1v) is 8.37. The molecule has 1 aliphatic rings. The second-order valence-corrected chi connectivity index (χ2v) is 6.86. The van der Waals surface area contributed by atoms with Crippen LogP contribution in [0.2, 0.25) is 0 Å². The van der Waals surface area contributed by atoms with Crippen molar-refractivity contribution in [1.82, 2.24) is 9.62 Å². The Labute approximate surface area is 126 Å². The van der Waals surface area contributed by atoms with Crippen LogP contribution in [-0.2, 0) is 10.0 Å². The Balaban J connectivity index is 2.44. The first kappa shape index (κ1) is 16.1. The van der Waals surface area contributed by atoms with Crippen molar-refractivity contribution >= 4 is 10.0 Å². The van der Waals surface area contributed by atoms with E-state index >= 15 is 0 Å². The van der Waals surface area contributed by atoms with E-state index in [0.717, 1.165) is 12.8 Å². The molecule has 7 heteroatoms. The van der Waals surface area contributed by atoms with Crippen LogP contribution in [0.3, 0.4) is 0 Å². The van der Waals surface area contributed by atoms with Crippen LogP contribution in [0.15, 0.2) is 23.1 Å². The maximum absolute atomic E-state index is 12.9. The Kier molecular flexibility index (Phi) is 5.08. The molecular weight excluding hydrogens is 292 g/mol. The van der Waals surface area contributed by atoms with Crippen molar-refractivity contribution < 1.29 is 17.9 Å². The van der Waals surface area contributed by atoms with Gasteiger partial charge >= 0.3 is 0 Å². The Hall–Kier alpha value is -1.31. The van der Waals surface area contributed by atoms with E-state index in [9.17, 15) is 8.42 Å². The van der Waals surface area contributed by atoms with E-state index in [1.807, 2.05) is 7.05 Å². The summed E-state index contributed by atoms with van der Waals surface area (Å²) in [7, 11) is 1.12. The molecule has 1 aromatic carbocycles. The summed E-state index contributed by atoms with van der Waals surface area (Å²) in [5, 5.41) is 3.15. The summed E-state index contributed by atoms with van der Waals surface area (Å²) >= 11 is 0. The zero-order valence-electron chi connectivity index (χ0n) is 12.6. The number of nitrogens with zero attached hydrogens (tertiary/aromatic N) is 1. The summed E-state index contributed by atoms with van der Waals surface area (Å²) in [4.78, 5) is 0.103. The molecule has 1 aromatic rings. The van der Waals surface area contributed by atoms with Crippen LogP contribution >= 0.6 is 0 Å². The van der Waals surface area contributed by atoms with Gasteiger partial charge < -0.3 is 14.8 Å². The van der Waals surface area contributed by atoms with Crippen molar-refractivity contribution in [2.75, 3.05) is 34.4 Å². The number of likely N-dealkylation sites (N-methyl/N-ethyl adjacent to an activating group) is 1. The number of nitrogens with one attached hydrogen (secondary N) is 1. The van der Waals surface area contributed by atoms with E-state index in [0.29, 0.717) is 24.6 Å². The number of hydrogen-bond donors (Lipinski definition) is 1. The van der Waals surface area contributed by atoms with E-state index in [1.165, 1.54) is 18.5 Å². The van der Waals surface area contributed by atoms with Gasteiger partial charge in [0.1, 0.15) is 11.5 Å². The van der Waals surface area contributed by atoms with Crippen molar-refractivity contribution in [2.24, 2.45) is 0 Å². The molecule has 0 spiro atoms. The lowest BCUT2D eigenvalue weighted by molar-refractivity contribution is 0.289. The van der Waals surface area contributed by atoms with Crippen LogP contribution in [-0.4, -0.2) is 53.1 Å². The van der Waals surface area contributed by atoms with Crippen LogP contribution in [0.25, 0.3) is 0 Å². The minimum absolute atomic E-state index is 0.103. The molecule has 21 heavy (non-hydrogen) atoms. The first-order chi connectivity index (χ1) is 10.0. The van der Waals surface area contributed by atoms with Crippen LogP contribution in [0.4, 0.5) is 0 Å². The normalized spacial score (nSPS) is 20.2. The molecular formula is C14H22N2O4S. The van der Waals surface area contributed by atoms with Gasteiger partial charge in [0.2, 0.25) is 0 Å². The molecule has 1 heterocycles. The third-order valence-electron chi connectivity index (χ3n) is 3.77. The predicted molar refractivity (Wildman–Crippen MR) is 80.4 cm³/mol. The minimum Gasteiger partial charge on any atom is -0.495 e. The van der Waals surface area contributed by atoms with Crippen LogP contribution in [0.1, 0.15) is 12.8 Å². The molecule has 0 amide bonds. The highest BCUT2D eigenvalue weighted by Crippen LogP contribution is 2.35. The second-order valence-electron chi connectivity index (χ2n) is 4.98. The number of hydrogen-bond acceptors (Lipinski definition) is 5. The summed E-state index contributed by atoms with van der Waals surface area (Å²) in [6.45, 7) is 0.974. The Morgan fingerprint density at radius 2 is 1.86 bits per heavy atom. The monoisotopic (exact) mass is 314 g/mol. The zero-order chi connectivity index (χ0) is 15.5. The van der Waals surface area contributed by atoms with Gasteiger partial charge in [-0.25, -0.2) is 8.42 Å². The third kappa shape index (κ3) is 3.14. The smallest absolute Gasteiger partial charge is 0.250 e. The van der Waals surface area contributed by atoms with Gasteiger partial charge in [-0.15, -0.1) is 0 Å². The van der Waals surface area contributed by atoms with E-state index in [1.54, 1.807) is 18.2 Å². The molecule has 1 aliphatic heterocycles. The Morgan fingerprint density at radius 3 is 2.38 bits per heavy atom. The predicted octanol–water partition coefficient (Wildman–Crippen LogP) is 1.08. The van der Waals surface area contributed by atoms with E-state index in [-0.39, 0.29) is 10.9 Å². The quantitative estimate of drug-likeness (QED) is 0.881. The lowest BCUT2D eigenvalue weighted by Gasteiger charge is -2.32. The highest BCUT2D eigenvalue weighted by molar-refractivity contribution is 7.89. The zero-order valence-corrected chi connectivity index (χ0v) is 13.4. The van der Waals surface area contributed by atoms with Gasteiger partial charge in [-0.3, -0.25) is 0 Å². The topological polar surface area (TPSA) is 67.9 Å². The highest BCUT2D eigenvalue weighted by Gasteiger charge is 2.34. The van der Waals surface area contributed by atoms with Gasteiger partial charge in [0.25, 0.3) is 10.0 Å². The molecule has 0 saturated carbocycles. The summed E-state index contributed by atoms with van der Waals surface area (Å²) in [5.74, 6) is 0.613. The second kappa shape index (κ2) is 6.64. The molecule has 1 unspecified atom stereocenters. The summed E-state index contributed by atoms with van der Waals surface area (Å²) in [5.41, 5.74) is 0. The molecule has 2 rings (SSSR count). The molecule has 118 valence electrons. The number of benzene rings is 1. The van der Waals surface area contributed by atoms with Crippen molar-refractivity contribution in [3.63, 3.8) is 0 Å². The summed E-state index contributed by atoms with van der Waals surface area (Å²) in [6.07, 6.45) is 1.81. The van der Waals surface area contributed by atoms with Crippen molar-refractivity contribution in [3.8, 4) is 11.5 Å². The fourth-order valence-corrected chi connectivity index (χ4v) is 4.41. The number of sulfonamides is 1. The molecule has 1 saturated heterocycles. The van der Waals surface area contributed by atoms with Crippen LogP contribution in [0, 0.1) is 0 Å². The van der Waals surface area contributed by atoms with Gasteiger partial charge in [0.05, 0.1) is 14.2 Å². The maximum atomic E-state index is 12.9. The fourth-order valence-electron chi connectivity index (χ4n) is 2.60. The van der Waals surface area contributed by atoms with Gasteiger partial charge in [0, 0.05) is 19.1 Å². The van der Waals surface area contributed by atoms with E-state index < -0.39 is 10.0 Å². The first-order valence-electron chi connectivity index (χ1n) is 6.93. The molecule has 1 fully saturated rings. The minimum atomic E-state index is -3.65. The summed E-state index contributed by atoms with van der Waals surface area (Å²) in [6, 6.07) is 5.15. The molecule has 0 aliphatic carbocycles. The highest BCUT2D eigenvalue weighted by atomic mass is 32.2. The maximum Gasteiger partial charge on any atom is 0.250 e. The van der Waals surface area contributed by atoms with E-state index in [2.05, 4.69) is 5.32 Å². The van der Waals surface area contributed by atoms with Gasteiger partial charge in [-0.1, -0.05) is 6.07 Å². The van der Waals surface area contributed by atoms with Crippen LogP contribution < -0.4 is 14.8 Å². The number of piperidine rings is 1. The average molecular weight is 314 g/mol. The molecule has 0 bridgehead atoms.